The van der Waals surface area contributed by atoms with Crippen LogP contribution >= 0.6 is 0 Å². The lowest BCUT2D eigenvalue weighted by atomic mass is 10.1. The lowest BCUT2D eigenvalue weighted by Gasteiger charge is -2.11. The third kappa shape index (κ3) is 4.03. The highest BCUT2D eigenvalue weighted by atomic mass is 16.5. The highest BCUT2D eigenvalue weighted by molar-refractivity contribution is 5.93. The molecule has 0 aliphatic carbocycles. The predicted molar refractivity (Wildman–Crippen MR) is 109 cm³/mol. The summed E-state index contributed by atoms with van der Waals surface area (Å²) in [6.45, 7) is 1.79. The third-order valence-corrected chi connectivity index (χ3v) is 4.43. The molecular formula is C22H19N3O4. The Balaban J connectivity index is 1.47. The van der Waals surface area contributed by atoms with Crippen molar-refractivity contribution >= 4 is 22.8 Å². The quantitative estimate of drug-likeness (QED) is 0.531. The van der Waals surface area contributed by atoms with Crippen molar-refractivity contribution in [2.75, 3.05) is 19.0 Å². The molecule has 2 heterocycles. The number of nitrogens with zero attached hydrogens (tertiary/aromatic N) is 2. The van der Waals surface area contributed by atoms with Crippen LogP contribution in [-0.4, -0.2) is 29.6 Å². The Labute approximate surface area is 167 Å². The fourth-order valence-corrected chi connectivity index (χ4v) is 2.89. The van der Waals surface area contributed by atoms with Crippen LogP contribution in [0.15, 0.2) is 65.2 Å². The van der Waals surface area contributed by atoms with E-state index in [9.17, 15) is 4.79 Å². The van der Waals surface area contributed by atoms with Gasteiger partial charge in [0.2, 0.25) is 5.89 Å². The molecule has 0 unspecified atom stereocenters. The molecule has 2 aromatic carbocycles. The predicted octanol–water partition coefficient (Wildman–Crippen LogP) is 4.22. The Kier molecular flexibility index (Phi) is 5.11. The Morgan fingerprint density at radius 1 is 1.07 bits per heavy atom. The molecule has 7 heteroatoms. The zero-order chi connectivity index (χ0) is 20.2. The minimum absolute atomic E-state index is 0.108. The number of pyridine rings is 1. The van der Waals surface area contributed by atoms with Gasteiger partial charge in [-0.2, -0.15) is 4.98 Å². The maximum Gasteiger partial charge on any atom is 0.262 e. The molecule has 1 amide bonds. The number of carbonyl (C=O) groups excluding carboxylic acids is 1. The van der Waals surface area contributed by atoms with E-state index in [2.05, 4.69) is 15.3 Å². The second-order valence-electron chi connectivity index (χ2n) is 6.33. The van der Waals surface area contributed by atoms with Crippen molar-refractivity contribution < 1.29 is 18.7 Å². The van der Waals surface area contributed by atoms with E-state index in [1.165, 1.54) is 0 Å². The molecule has 2 aromatic heterocycles. The van der Waals surface area contributed by atoms with Gasteiger partial charge in [-0.1, -0.05) is 6.07 Å². The highest BCUT2D eigenvalue weighted by Crippen LogP contribution is 2.30. The van der Waals surface area contributed by atoms with Gasteiger partial charge in [0.1, 0.15) is 11.5 Å². The first-order chi connectivity index (χ1) is 14.1. The molecule has 0 aliphatic heterocycles. The van der Waals surface area contributed by atoms with Gasteiger partial charge in [0, 0.05) is 17.4 Å². The zero-order valence-electron chi connectivity index (χ0n) is 16.0. The standard InChI is InChI=1S/C22H19N3O4/c1-14-17(22-25-21-19(29-22)7-4-12-23-21)5-3-6-18(14)24-20(26)13-28-16-10-8-15(27-2)9-11-16/h3-12H,13H2,1-2H3,(H,24,26). The van der Waals surface area contributed by atoms with Crippen molar-refractivity contribution in [3.8, 4) is 23.0 Å². The first-order valence-electron chi connectivity index (χ1n) is 9.02. The zero-order valence-corrected chi connectivity index (χ0v) is 16.0. The molecule has 0 saturated heterocycles. The van der Waals surface area contributed by atoms with Crippen LogP contribution < -0.4 is 14.8 Å². The van der Waals surface area contributed by atoms with Gasteiger partial charge in [-0.05, 0) is 61.0 Å². The number of anilines is 1. The van der Waals surface area contributed by atoms with Gasteiger partial charge in [-0.15, -0.1) is 0 Å². The van der Waals surface area contributed by atoms with Gasteiger partial charge < -0.3 is 19.2 Å². The summed E-state index contributed by atoms with van der Waals surface area (Å²) in [5.41, 5.74) is 3.46. The number of amides is 1. The number of aromatic nitrogens is 2. The summed E-state index contributed by atoms with van der Waals surface area (Å²) in [5.74, 6) is 1.51. The topological polar surface area (TPSA) is 86.5 Å². The van der Waals surface area contributed by atoms with Crippen LogP contribution in [0.1, 0.15) is 5.56 Å². The Morgan fingerprint density at radius 2 is 1.86 bits per heavy atom. The van der Waals surface area contributed by atoms with Crippen LogP contribution in [0, 0.1) is 6.92 Å². The number of methoxy groups -OCH3 is 1. The van der Waals surface area contributed by atoms with Crippen LogP contribution in [0.5, 0.6) is 11.5 Å². The average molecular weight is 389 g/mol. The van der Waals surface area contributed by atoms with Crippen molar-refractivity contribution in [1.29, 1.82) is 0 Å². The molecule has 0 saturated carbocycles. The number of hydrogen-bond donors (Lipinski definition) is 1. The molecular weight excluding hydrogens is 370 g/mol. The molecule has 146 valence electrons. The second-order valence-corrected chi connectivity index (χ2v) is 6.33. The highest BCUT2D eigenvalue weighted by Gasteiger charge is 2.14. The van der Waals surface area contributed by atoms with E-state index in [-0.39, 0.29) is 12.5 Å². The van der Waals surface area contributed by atoms with Gasteiger partial charge in [0.05, 0.1) is 7.11 Å². The summed E-state index contributed by atoms with van der Waals surface area (Å²) in [4.78, 5) is 21.0. The van der Waals surface area contributed by atoms with E-state index in [0.29, 0.717) is 28.6 Å². The van der Waals surface area contributed by atoms with Gasteiger partial charge >= 0.3 is 0 Å². The molecule has 0 fully saturated rings. The van der Waals surface area contributed by atoms with Gasteiger partial charge in [0.15, 0.2) is 17.8 Å². The van der Waals surface area contributed by atoms with Crippen molar-refractivity contribution in [2.45, 2.75) is 6.92 Å². The number of nitrogens with one attached hydrogen (secondary N) is 1. The maximum atomic E-state index is 12.3. The molecule has 29 heavy (non-hydrogen) atoms. The fraction of sp³-hybridized carbons (Fsp3) is 0.136. The largest absolute Gasteiger partial charge is 0.497 e. The Bertz CT molecular complexity index is 1120. The van der Waals surface area contributed by atoms with Crippen LogP contribution in [0.4, 0.5) is 5.69 Å². The summed E-state index contributed by atoms with van der Waals surface area (Å²) in [5, 5.41) is 2.87. The monoisotopic (exact) mass is 389 g/mol. The Morgan fingerprint density at radius 3 is 2.62 bits per heavy atom. The van der Waals surface area contributed by atoms with Crippen LogP contribution in [0.3, 0.4) is 0 Å². The van der Waals surface area contributed by atoms with Crippen LogP contribution in [0.2, 0.25) is 0 Å². The number of benzene rings is 2. The van der Waals surface area contributed by atoms with E-state index in [1.807, 2.05) is 31.2 Å². The third-order valence-electron chi connectivity index (χ3n) is 4.43. The van der Waals surface area contributed by atoms with Gasteiger partial charge in [0.25, 0.3) is 5.91 Å². The molecule has 4 rings (SSSR count). The number of rotatable bonds is 6. The SMILES string of the molecule is COc1ccc(OCC(=O)Nc2cccc(-c3nc4ncccc4o3)c2C)cc1. The van der Waals surface area contributed by atoms with Crippen molar-refractivity contribution in [1.82, 2.24) is 9.97 Å². The van der Waals surface area contributed by atoms with Crippen molar-refractivity contribution in [3.63, 3.8) is 0 Å². The molecule has 1 N–H and O–H groups in total. The number of fused-ring (bicyclic) bond motifs is 1. The smallest absolute Gasteiger partial charge is 0.262 e. The summed E-state index contributed by atoms with van der Waals surface area (Å²) in [6.07, 6.45) is 1.67. The fourth-order valence-electron chi connectivity index (χ4n) is 2.89. The van der Waals surface area contributed by atoms with E-state index in [0.717, 1.165) is 16.9 Å². The number of ether oxygens (including phenoxy) is 2. The van der Waals surface area contributed by atoms with E-state index >= 15 is 0 Å². The van der Waals surface area contributed by atoms with Crippen molar-refractivity contribution in [2.24, 2.45) is 0 Å². The van der Waals surface area contributed by atoms with Crippen LogP contribution in [0.25, 0.3) is 22.7 Å². The molecule has 0 spiro atoms. The summed E-state index contributed by atoms with van der Waals surface area (Å²) >= 11 is 0. The minimum atomic E-state index is -0.264. The summed E-state index contributed by atoms with van der Waals surface area (Å²) in [7, 11) is 1.59. The normalized spacial score (nSPS) is 10.7. The summed E-state index contributed by atoms with van der Waals surface area (Å²) < 4.78 is 16.4. The number of carbonyl (C=O) groups is 1. The molecule has 0 aliphatic rings. The van der Waals surface area contributed by atoms with E-state index in [4.69, 9.17) is 13.9 Å². The van der Waals surface area contributed by atoms with Crippen LogP contribution in [-0.2, 0) is 4.79 Å². The second kappa shape index (κ2) is 8.02. The lowest BCUT2D eigenvalue weighted by molar-refractivity contribution is -0.118. The van der Waals surface area contributed by atoms with Gasteiger partial charge in [-0.25, -0.2) is 4.98 Å². The first-order valence-corrected chi connectivity index (χ1v) is 9.02. The maximum absolute atomic E-state index is 12.3. The molecule has 4 aromatic rings. The first kappa shape index (κ1) is 18.5. The summed E-state index contributed by atoms with van der Waals surface area (Å²) in [6, 6.07) is 16.2. The van der Waals surface area contributed by atoms with Crippen molar-refractivity contribution in [3.05, 3.63) is 66.4 Å². The average Bonchev–Trinajstić information content (AvgIpc) is 3.18. The number of hydrogen-bond acceptors (Lipinski definition) is 6. The minimum Gasteiger partial charge on any atom is -0.497 e. The molecule has 0 atom stereocenters. The van der Waals surface area contributed by atoms with E-state index < -0.39 is 0 Å². The lowest BCUT2D eigenvalue weighted by Crippen LogP contribution is -2.20. The molecule has 0 radical (unpaired) electrons. The number of oxazole rings is 1. The Hall–Kier alpha value is -3.87. The van der Waals surface area contributed by atoms with Gasteiger partial charge in [-0.3, -0.25) is 4.79 Å². The molecule has 7 nitrogen and oxygen atoms in total. The van der Waals surface area contributed by atoms with E-state index in [1.54, 1.807) is 43.6 Å². The molecule has 0 bridgehead atoms.